The highest BCUT2D eigenvalue weighted by molar-refractivity contribution is 4.91. The molecule has 17 heavy (non-hydrogen) atoms. The van der Waals surface area contributed by atoms with Gasteiger partial charge in [0.2, 0.25) is 0 Å². The lowest BCUT2D eigenvalue weighted by Gasteiger charge is -2.38. The Bertz CT molecular complexity index is 267. The number of hydrogen-bond donors (Lipinski definition) is 1. The fourth-order valence-corrected chi connectivity index (χ4v) is 2.55. The van der Waals surface area contributed by atoms with Crippen LogP contribution in [0.4, 0.5) is 0 Å². The summed E-state index contributed by atoms with van der Waals surface area (Å²) in [6.45, 7) is 9.42. The van der Waals surface area contributed by atoms with E-state index in [9.17, 15) is 0 Å². The molecule has 0 bridgehead atoms. The van der Waals surface area contributed by atoms with Crippen LogP contribution in [0.2, 0.25) is 0 Å². The number of nitrogens with zero attached hydrogens (tertiary/aromatic N) is 2. The van der Waals surface area contributed by atoms with Gasteiger partial charge in [0.05, 0.1) is 11.5 Å². The van der Waals surface area contributed by atoms with Crippen LogP contribution in [-0.4, -0.2) is 30.6 Å². The molecule has 3 nitrogen and oxygen atoms in total. The van der Waals surface area contributed by atoms with Gasteiger partial charge in [-0.2, -0.15) is 5.26 Å². The Morgan fingerprint density at radius 1 is 1.41 bits per heavy atom. The maximum atomic E-state index is 8.98. The zero-order valence-corrected chi connectivity index (χ0v) is 11.6. The molecule has 1 saturated heterocycles. The molecule has 1 rings (SSSR count). The van der Waals surface area contributed by atoms with Gasteiger partial charge in [-0.25, -0.2) is 0 Å². The highest BCUT2D eigenvalue weighted by Crippen LogP contribution is 2.24. The molecule has 0 amide bonds. The summed E-state index contributed by atoms with van der Waals surface area (Å²) in [6.07, 6.45) is 4.64. The average Bonchev–Trinajstić information content (AvgIpc) is 2.31. The van der Waals surface area contributed by atoms with Crippen molar-refractivity contribution in [3.63, 3.8) is 0 Å². The van der Waals surface area contributed by atoms with E-state index in [0.717, 1.165) is 32.5 Å². The van der Waals surface area contributed by atoms with Gasteiger partial charge in [0.15, 0.2) is 0 Å². The predicted octanol–water partition coefficient (Wildman–Crippen LogP) is 2.38. The minimum atomic E-state index is -0.174. The molecule has 0 radical (unpaired) electrons. The van der Waals surface area contributed by atoms with Crippen LogP contribution >= 0.6 is 0 Å². The minimum absolute atomic E-state index is 0.174. The monoisotopic (exact) mass is 237 g/mol. The Hall–Kier alpha value is -0.590. The standard InChI is InChI=1S/C14H27N3/c1-12-5-6-13(9-15)10-17(12)8-4-7-14(2,3)11-16/h12-13H,4-10,15H2,1-3H3. The molecule has 0 aromatic rings. The van der Waals surface area contributed by atoms with E-state index < -0.39 is 0 Å². The Kier molecular flexibility index (Phi) is 5.42. The Morgan fingerprint density at radius 3 is 2.71 bits per heavy atom. The highest BCUT2D eigenvalue weighted by atomic mass is 15.2. The zero-order chi connectivity index (χ0) is 12.9. The summed E-state index contributed by atoms with van der Waals surface area (Å²) in [5, 5.41) is 8.98. The molecule has 1 heterocycles. The van der Waals surface area contributed by atoms with Gasteiger partial charge in [0.25, 0.3) is 0 Å². The summed E-state index contributed by atoms with van der Waals surface area (Å²) in [5.41, 5.74) is 5.59. The normalized spacial score (nSPS) is 26.8. The first-order chi connectivity index (χ1) is 7.98. The molecule has 0 saturated carbocycles. The molecule has 98 valence electrons. The van der Waals surface area contributed by atoms with E-state index in [1.807, 2.05) is 13.8 Å². The predicted molar refractivity (Wildman–Crippen MR) is 71.4 cm³/mol. The van der Waals surface area contributed by atoms with Gasteiger partial charge in [-0.3, -0.25) is 0 Å². The number of nitrogens with two attached hydrogens (primary N) is 1. The van der Waals surface area contributed by atoms with Crippen LogP contribution in [0.15, 0.2) is 0 Å². The van der Waals surface area contributed by atoms with E-state index in [4.69, 9.17) is 11.0 Å². The Morgan fingerprint density at radius 2 is 2.12 bits per heavy atom. The van der Waals surface area contributed by atoms with Crippen LogP contribution in [0.3, 0.4) is 0 Å². The molecular weight excluding hydrogens is 210 g/mol. The smallest absolute Gasteiger partial charge is 0.0683 e. The summed E-state index contributed by atoms with van der Waals surface area (Å²) in [7, 11) is 0. The van der Waals surface area contributed by atoms with Crippen molar-refractivity contribution in [1.29, 1.82) is 5.26 Å². The molecule has 2 N–H and O–H groups in total. The maximum absolute atomic E-state index is 8.98. The molecule has 1 fully saturated rings. The van der Waals surface area contributed by atoms with Crippen LogP contribution in [0.1, 0.15) is 46.5 Å². The number of rotatable bonds is 5. The van der Waals surface area contributed by atoms with E-state index in [0.29, 0.717) is 12.0 Å². The Labute approximate surface area is 106 Å². The summed E-state index contributed by atoms with van der Waals surface area (Å²) >= 11 is 0. The molecule has 3 heteroatoms. The van der Waals surface area contributed by atoms with Crippen LogP contribution in [0.25, 0.3) is 0 Å². The second-order valence-electron chi connectivity index (χ2n) is 6.12. The average molecular weight is 237 g/mol. The van der Waals surface area contributed by atoms with Crippen LogP contribution in [-0.2, 0) is 0 Å². The van der Waals surface area contributed by atoms with Crippen LogP contribution < -0.4 is 5.73 Å². The molecule has 0 spiro atoms. The largest absolute Gasteiger partial charge is 0.330 e. The lowest BCUT2D eigenvalue weighted by molar-refractivity contribution is 0.116. The lowest BCUT2D eigenvalue weighted by Crippen LogP contribution is -2.44. The Balaban J connectivity index is 2.32. The zero-order valence-electron chi connectivity index (χ0n) is 11.6. The molecule has 2 atom stereocenters. The van der Waals surface area contributed by atoms with Gasteiger partial charge in [-0.1, -0.05) is 0 Å². The third-order valence-electron chi connectivity index (χ3n) is 3.99. The maximum Gasteiger partial charge on any atom is 0.0683 e. The van der Waals surface area contributed by atoms with E-state index in [1.54, 1.807) is 0 Å². The quantitative estimate of drug-likeness (QED) is 0.798. The first-order valence-corrected chi connectivity index (χ1v) is 6.84. The molecular formula is C14H27N3. The minimum Gasteiger partial charge on any atom is -0.330 e. The molecule has 0 aromatic heterocycles. The van der Waals surface area contributed by atoms with Crippen molar-refractivity contribution in [2.24, 2.45) is 17.1 Å². The topological polar surface area (TPSA) is 53.0 Å². The lowest BCUT2D eigenvalue weighted by atomic mass is 9.89. The van der Waals surface area contributed by atoms with Gasteiger partial charge < -0.3 is 10.6 Å². The van der Waals surface area contributed by atoms with Gasteiger partial charge in [0.1, 0.15) is 0 Å². The van der Waals surface area contributed by atoms with Gasteiger partial charge in [-0.15, -0.1) is 0 Å². The summed E-state index contributed by atoms with van der Waals surface area (Å²) in [4.78, 5) is 2.55. The molecule has 2 unspecified atom stereocenters. The van der Waals surface area contributed by atoms with E-state index in [-0.39, 0.29) is 5.41 Å². The molecule has 0 aromatic carbocycles. The van der Waals surface area contributed by atoms with E-state index >= 15 is 0 Å². The molecule has 0 aliphatic carbocycles. The number of hydrogen-bond acceptors (Lipinski definition) is 3. The first-order valence-electron chi connectivity index (χ1n) is 6.84. The van der Waals surface area contributed by atoms with Gasteiger partial charge >= 0.3 is 0 Å². The van der Waals surface area contributed by atoms with E-state index in [2.05, 4.69) is 17.9 Å². The highest BCUT2D eigenvalue weighted by Gasteiger charge is 2.25. The number of piperidine rings is 1. The van der Waals surface area contributed by atoms with Crippen molar-refractivity contribution in [2.75, 3.05) is 19.6 Å². The van der Waals surface area contributed by atoms with E-state index in [1.165, 1.54) is 12.8 Å². The summed E-state index contributed by atoms with van der Waals surface area (Å²) in [5.74, 6) is 0.676. The first kappa shape index (κ1) is 14.5. The van der Waals surface area contributed by atoms with Gasteiger partial charge in [0, 0.05) is 12.6 Å². The van der Waals surface area contributed by atoms with Crippen molar-refractivity contribution in [3.05, 3.63) is 0 Å². The fourth-order valence-electron chi connectivity index (χ4n) is 2.55. The third-order valence-corrected chi connectivity index (χ3v) is 3.99. The SMILES string of the molecule is CC1CCC(CN)CN1CCCC(C)(C)C#N. The summed E-state index contributed by atoms with van der Waals surface area (Å²) < 4.78 is 0. The number of likely N-dealkylation sites (tertiary alicyclic amines) is 1. The van der Waals surface area contributed by atoms with Crippen molar-refractivity contribution < 1.29 is 0 Å². The third kappa shape index (κ3) is 4.65. The second-order valence-corrected chi connectivity index (χ2v) is 6.12. The summed E-state index contributed by atoms with van der Waals surface area (Å²) in [6, 6.07) is 3.06. The van der Waals surface area contributed by atoms with Crippen LogP contribution in [0.5, 0.6) is 0 Å². The van der Waals surface area contributed by atoms with Crippen LogP contribution in [0, 0.1) is 22.7 Å². The molecule has 1 aliphatic heterocycles. The van der Waals surface area contributed by atoms with Gasteiger partial charge in [-0.05, 0) is 65.5 Å². The second kappa shape index (κ2) is 6.37. The van der Waals surface area contributed by atoms with Crippen molar-refractivity contribution in [1.82, 2.24) is 4.90 Å². The van der Waals surface area contributed by atoms with Crippen molar-refractivity contribution in [2.45, 2.75) is 52.5 Å². The fraction of sp³-hybridized carbons (Fsp3) is 0.929. The molecule has 1 aliphatic rings. The van der Waals surface area contributed by atoms with Crippen molar-refractivity contribution in [3.8, 4) is 6.07 Å². The van der Waals surface area contributed by atoms with Crippen molar-refractivity contribution >= 4 is 0 Å². The number of nitriles is 1.